The van der Waals surface area contributed by atoms with Crippen LogP contribution in [0.3, 0.4) is 0 Å². The summed E-state index contributed by atoms with van der Waals surface area (Å²) in [7, 11) is 1.67. The summed E-state index contributed by atoms with van der Waals surface area (Å²) in [6, 6.07) is 0.305. The van der Waals surface area contributed by atoms with Crippen molar-refractivity contribution in [2.45, 2.75) is 6.04 Å². The van der Waals surface area contributed by atoms with Crippen molar-refractivity contribution in [3.05, 3.63) is 0 Å². The van der Waals surface area contributed by atoms with Gasteiger partial charge in [0.25, 0.3) is 0 Å². The summed E-state index contributed by atoms with van der Waals surface area (Å²) in [6.07, 6.45) is 0.892. The lowest BCUT2D eigenvalue weighted by molar-refractivity contribution is -0.119. The van der Waals surface area contributed by atoms with Crippen LogP contribution in [0.25, 0.3) is 0 Å². The molecular weight excluding hydrogens is 144 g/mol. The van der Waals surface area contributed by atoms with Crippen LogP contribution in [0.1, 0.15) is 0 Å². The summed E-state index contributed by atoms with van der Waals surface area (Å²) in [5.41, 5.74) is 0. The van der Waals surface area contributed by atoms with Gasteiger partial charge in [0.15, 0.2) is 0 Å². The van der Waals surface area contributed by atoms with E-state index in [9.17, 15) is 4.79 Å². The van der Waals surface area contributed by atoms with Crippen molar-refractivity contribution in [1.29, 1.82) is 0 Å². The Morgan fingerprint density at radius 3 is 3.27 bits per heavy atom. The van der Waals surface area contributed by atoms with Gasteiger partial charge in [0.05, 0.1) is 6.61 Å². The molecule has 0 radical (unpaired) electrons. The van der Waals surface area contributed by atoms with Gasteiger partial charge in [-0.3, -0.25) is 4.79 Å². The summed E-state index contributed by atoms with van der Waals surface area (Å²) in [5, 5.41) is 3.26. The van der Waals surface area contributed by atoms with Crippen molar-refractivity contribution in [3.8, 4) is 0 Å². The number of carbonyl (C=O) groups is 1. The van der Waals surface area contributed by atoms with Crippen LogP contribution in [-0.2, 0) is 9.53 Å². The maximum atomic E-state index is 10.4. The smallest absolute Gasteiger partial charge is 0.209 e. The molecule has 0 aromatic rings. The molecule has 0 spiro atoms. The minimum absolute atomic E-state index is 0.305. The standard InChI is InChI=1S/C7H14N2O2/c1-11-5-7-4-9(6-10)3-2-8-7/h6-8H,2-5H2,1H3/t7-/m0/s1. The lowest BCUT2D eigenvalue weighted by Gasteiger charge is -2.30. The van der Waals surface area contributed by atoms with Crippen LogP contribution in [0.4, 0.5) is 0 Å². The Balaban J connectivity index is 2.27. The second-order valence-corrected chi connectivity index (χ2v) is 2.71. The molecule has 0 unspecified atom stereocenters. The van der Waals surface area contributed by atoms with E-state index >= 15 is 0 Å². The number of ether oxygens (including phenoxy) is 1. The summed E-state index contributed by atoms with van der Waals surface area (Å²) in [6.45, 7) is 3.11. The highest BCUT2D eigenvalue weighted by Crippen LogP contribution is 1.95. The molecule has 1 saturated heterocycles. The van der Waals surface area contributed by atoms with Crippen molar-refractivity contribution in [2.24, 2.45) is 0 Å². The number of nitrogens with one attached hydrogen (secondary N) is 1. The van der Waals surface area contributed by atoms with Gasteiger partial charge in [-0.05, 0) is 0 Å². The zero-order valence-electron chi connectivity index (χ0n) is 6.75. The van der Waals surface area contributed by atoms with Gasteiger partial charge in [-0.1, -0.05) is 0 Å². The van der Waals surface area contributed by atoms with Gasteiger partial charge < -0.3 is 15.0 Å². The molecular formula is C7H14N2O2. The number of carbonyl (C=O) groups excluding carboxylic acids is 1. The number of amides is 1. The molecule has 1 fully saturated rings. The molecule has 1 amide bonds. The van der Waals surface area contributed by atoms with Crippen molar-refractivity contribution < 1.29 is 9.53 Å². The fourth-order valence-electron chi connectivity index (χ4n) is 1.26. The molecule has 64 valence electrons. The molecule has 1 N–H and O–H groups in total. The normalized spacial score (nSPS) is 25.2. The Hall–Kier alpha value is -0.610. The molecule has 0 bridgehead atoms. The van der Waals surface area contributed by atoms with Crippen LogP contribution in [0, 0.1) is 0 Å². The topological polar surface area (TPSA) is 41.6 Å². The first-order valence-electron chi connectivity index (χ1n) is 3.78. The summed E-state index contributed by atoms with van der Waals surface area (Å²) in [5.74, 6) is 0. The fraction of sp³-hybridized carbons (Fsp3) is 0.857. The molecule has 1 rings (SSSR count). The Morgan fingerprint density at radius 1 is 1.82 bits per heavy atom. The second-order valence-electron chi connectivity index (χ2n) is 2.71. The number of methoxy groups -OCH3 is 1. The third-order valence-corrected chi connectivity index (χ3v) is 1.80. The van der Waals surface area contributed by atoms with E-state index in [2.05, 4.69) is 5.32 Å². The summed E-state index contributed by atoms with van der Waals surface area (Å²) >= 11 is 0. The first-order valence-corrected chi connectivity index (χ1v) is 3.78. The highest BCUT2D eigenvalue weighted by Gasteiger charge is 2.16. The maximum Gasteiger partial charge on any atom is 0.209 e. The lowest BCUT2D eigenvalue weighted by atomic mass is 10.2. The van der Waals surface area contributed by atoms with Gasteiger partial charge in [-0.15, -0.1) is 0 Å². The van der Waals surface area contributed by atoms with Crippen molar-refractivity contribution in [2.75, 3.05) is 33.4 Å². The molecule has 0 aliphatic carbocycles. The average molecular weight is 158 g/mol. The average Bonchev–Trinajstić information content (AvgIpc) is 2.06. The van der Waals surface area contributed by atoms with Crippen LogP contribution >= 0.6 is 0 Å². The lowest BCUT2D eigenvalue weighted by Crippen LogP contribution is -2.51. The molecule has 1 atom stereocenters. The minimum atomic E-state index is 0.305. The molecule has 0 saturated carbocycles. The summed E-state index contributed by atoms with van der Waals surface area (Å²) in [4.78, 5) is 12.1. The number of hydrogen-bond donors (Lipinski definition) is 1. The van der Waals surface area contributed by atoms with E-state index in [-0.39, 0.29) is 0 Å². The molecule has 1 aliphatic heterocycles. The van der Waals surface area contributed by atoms with Crippen LogP contribution < -0.4 is 5.32 Å². The summed E-state index contributed by atoms with van der Waals surface area (Å²) < 4.78 is 4.97. The second kappa shape index (κ2) is 4.31. The van der Waals surface area contributed by atoms with E-state index < -0.39 is 0 Å². The first kappa shape index (κ1) is 8.49. The highest BCUT2D eigenvalue weighted by atomic mass is 16.5. The van der Waals surface area contributed by atoms with E-state index in [0.29, 0.717) is 12.6 Å². The van der Waals surface area contributed by atoms with Gasteiger partial charge >= 0.3 is 0 Å². The van der Waals surface area contributed by atoms with Gasteiger partial charge in [0.1, 0.15) is 0 Å². The fourth-order valence-corrected chi connectivity index (χ4v) is 1.26. The van der Waals surface area contributed by atoms with E-state index in [1.807, 2.05) is 0 Å². The number of piperazine rings is 1. The van der Waals surface area contributed by atoms with Gasteiger partial charge in [0, 0.05) is 32.8 Å². The molecule has 0 aromatic carbocycles. The van der Waals surface area contributed by atoms with Gasteiger partial charge in [-0.25, -0.2) is 0 Å². The third-order valence-electron chi connectivity index (χ3n) is 1.80. The van der Waals surface area contributed by atoms with Crippen molar-refractivity contribution >= 4 is 6.41 Å². The Bertz CT molecular complexity index is 128. The SMILES string of the molecule is COC[C@@H]1CN(C=O)CCN1. The quantitative estimate of drug-likeness (QED) is 0.539. The maximum absolute atomic E-state index is 10.4. The number of hydrogen-bond acceptors (Lipinski definition) is 3. The molecule has 1 heterocycles. The van der Waals surface area contributed by atoms with Crippen LogP contribution in [0.2, 0.25) is 0 Å². The Labute approximate surface area is 66.5 Å². The predicted molar refractivity (Wildman–Crippen MR) is 41.3 cm³/mol. The Kier molecular flexibility index (Phi) is 3.32. The minimum Gasteiger partial charge on any atom is -0.383 e. The van der Waals surface area contributed by atoms with E-state index in [4.69, 9.17) is 4.74 Å². The molecule has 0 aromatic heterocycles. The van der Waals surface area contributed by atoms with Crippen LogP contribution in [0.15, 0.2) is 0 Å². The highest BCUT2D eigenvalue weighted by molar-refractivity contribution is 5.47. The molecule has 11 heavy (non-hydrogen) atoms. The Morgan fingerprint density at radius 2 is 2.64 bits per heavy atom. The zero-order chi connectivity index (χ0) is 8.10. The zero-order valence-corrected chi connectivity index (χ0v) is 6.75. The largest absolute Gasteiger partial charge is 0.383 e. The first-order chi connectivity index (χ1) is 5.36. The van der Waals surface area contributed by atoms with E-state index in [1.54, 1.807) is 12.0 Å². The molecule has 4 heteroatoms. The predicted octanol–water partition coefficient (Wildman–Crippen LogP) is -0.937. The van der Waals surface area contributed by atoms with Crippen LogP contribution in [0.5, 0.6) is 0 Å². The van der Waals surface area contributed by atoms with E-state index in [0.717, 1.165) is 26.0 Å². The monoisotopic (exact) mass is 158 g/mol. The number of nitrogens with zero attached hydrogens (tertiary/aromatic N) is 1. The molecule has 1 aliphatic rings. The third kappa shape index (κ3) is 2.48. The van der Waals surface area contributed by atoms with Crippen LogP contribution in [-0.4, -0.2) is 50.7 Å². The molecule has 4 nitrogen and oxygen atoms in total. The van der Waals surface area contributed by atoms with Crippen molar-refractivity contribution in [3.63, 3.8) is 0 Å². The van der Waals surface area contributed by atoms with Gasteiger partial charge in [-0.2, -0.15) is 0 Å². The van der Waals surface area contributed by atoms with Gasteiger partial charge in [0.2, 0.25) is 6.41 Å². The van der Waals surface area contributed by atoms with E-state index in [1.165, 1.54) is 0 Å². The number of rotatable bonds is 3. The van der Waals surface area contributed by atoms with Crippen molar-refractivity contribution in [1.82, 2.24) is 10.2 Å².